The van der Waals surface area contributed by atoms with Crippen LogP contribution in [0.15, 0.2) is 35.5 Å². The highest BCUT2D eigenvalue weighted by atomic mass is 32.2. The van der Waals surface area contributed by atoms with Crippen LogP contribution in [0.5, 0.6) is 11.8 Å². The number of aromatic nitrogens is 2. The number of carbonyl (C=O) groups excluding carboxylic acids is 4. The summed E-state index contributed by atoms with van der Waals surface area (Å²) in [4.78, 5) is 57.5. The number of allylic oxidation sites excluding steroid dienone is 2. The number of amides is 4. The minimum absolute atomic E-state index is 0.0308. The third-order valence-corrected chi connectivity index (χ3v) is 11.4. The van der Waals surface area contributed by atoms with Crippen molar-refractivity contribution >= 4 is 52.7 Å². The molecule has 0 saturated carbocycles. The first-order valence-electron chi connectivity index (χ1n) is 20.9. The molecule has 0 spiro atoms. The Hall–Kier alpha value is -5.06. The standard InChI is InChI=1S/C40H61BF2N8O10S/c1-7-8-13-30-25-31(49-34(30)26-33-29(14-12-23-51(4,5)6)24-28(2)48(33)41(49,42)43)16-17-35(52)46-40(57)45-32(27-62(58,59)60)39(56)44-20-22-47(3)21-11-9-10-15-38(55)61-50-36(53)18-19-37(50)54/h18-19,24-26,32H,7-17,20-23,27H2,1-6H3,(H5-,44,45,46,52,53,54,56,57,58,59,60)/p+1. The molecule has 0 saturated heterocycles. The van der Waals surface area contributed by atoms with Crippen molar-refractivity contribution < 1.29 is 64.8 Å². The third kappa shape index (κ3) is 14.0. The molecule has 6 N–H and O–H groups in total. The van der Waals surface area contributed by atoms with Gasteiger partial charge in [0.15, 0.2) is 5.70 Å². The molecule has 0 aliphatic carbocycles. The van der Waals surface area contributed by atoms with E-state index in [1.807, 2.05) is 29.3 Å². The molecule has 2 aliphatic heterocycles. The highest BCUT2D eigenvalue weighted by Gasteiger charge is 2.54. The van der Waals surface area contributed by atoms with Gasteiger partial charge in [-0.05, 0) is 69.9 Å². The van der Waals surface area contributed by atoms with Crippen LogP contribution in [0.1, 0.15) is 88.1 Å². The summed E-state index contributed by atoms with van der Waals surface area (Å²) in [6.45, 7) is 1.13. The molecule has 0 radical (unpaired) electrons. The van der Waals surface area contributed by atoms with Crippen molar-refractivity contribution in [3.05, 3.63) is 52.5 Å². The van der Waals surface area contributed by atoms with Crippen molar-refractivity contribution in [1.82, 2.24) is 30.1 Å². The Morgan fingerprint density at radius 3 is 2.31 bits per heavy atom. The summed E-state index contributed by atoms with van der Waals surface area (Å²) in [5, 5.41) is 25.8. The largest absolute Gasteiger partial charge is 0.737 e. The van der Waals surface area contributed by atoms with E-state index in [-0.39, 0.29) is 31.5 Å². The summed E-state index contributed by atoms with van der Waals surface area (Å²) in [6.07, 6.45) is 8.45. The summed E-state index contributed by atoms with van der Waals surface area (Å²) < 4.78 is 69.7. The molecule has 0 fully saturated rings. The summed E-state index contributed by atoms with van der Waals surface area (Å²) in [5.41, 5.74) is 3.13. The van der Waals surface area contributed by atoms with Crippen LogP contribution in [0.25, 0.3) is 6.08 Å². The molecule has 22 heteroatoms. The van der Waals surface area contributed by atoms with Crippen molar-refractivity contribution in [1.29, 1.82) is 0 Å². The van der Waals surface area contributed by atoms with Gasteiger partial charge in [-0.25, -0.2) is 9.59 Å². The molecule has 2 aromatic heterocycles. The van der Waals surface area contributed by atoms with Gasteiger partial charge in [0, 0.05) is 74.3 Å². The Balaban J connectivity index is 1.29. The molecule has 1 atom stereocenters. The van der Waals surface area contributed by atoms with E-state index in [2.05, 4.69) is 31.8 Å². The number of aryl methyl sites for hydroxylation is 2. The van der Waals surface area contributed by atoms with Gasteiger partial charge in [-0.1, -0.05) is 19.8 Å². The molecule has 4 heterocycles. The van der Waals surface area contributed by atoms with Crippen molar-refractivity contribution in [2.75, 3.05) is 60.1 Å². The van der Waals surface area contributed by atoms with E-state index in [0.717, 1.165) is 50.4 Å². The highest BCUT2D eigenvalue weighted by molar-refractivity contribution is 7.85. The second-order valence-electron chi connectivity index (χ2n) is 17.0. The summed E-state index contributed by atoms with van der Waals surface area (Å²) >= 11 is 0. The highest BCUT2D eigenvalue weighted by Crippen LogP contribution is 2.39. The number of nitrogens with one attached hydrogen (secondary N) is 3. The second-order valence-corrected chi connectivity index (χ2v) is 18.5. The zero-order chi connectivity index (χ0) is 46.0. The average Bonchev–Trinajstić information content (AvgIpc) is 3.80. The number of nitrogens with zero attached hydrogens (tertiary/aromatic N) is 5. The maximum Gasteiger partial charge on any atom is 0.737 e. The van der Waals surface area contributed by atoms with E-state index < -0.39 is 64.5 Å². The van der Waals surface area contributed by atoms with Gasteiger partial charge in [0.1, 0.15) is 17.5 Å². The molecular formula is C40H62BF2N8O10S+. The summed E-state index contributed by atoms with van der Waals surface area (Å²) in [5.74, 6) is -4.45. The molecule has 18 nitrogen and oxygen atoms in total. The van der Waals surface area contributed by atoms with Crippen molar-refractivity contribution in [2.24, 2.45) is 0 Å². The lowest BCUT2D eigenvalue weighted by molar-refractivity contribution is -0.870. The predicted molar refractivity (Wildman–Crippen MR) is 229 cm³/mol. The lowest BCUT2D eigenvalue weighted by Crippen LogP contribution is -2.54. The average molecular weight is 896 g/mol. The molecule has 62 heavy (non-hydrogen) atoms. The molecule has 4 rings (SSSR count). The Kier molecular flexibility index (Phi) is 17.1. The predicted octanol–water partition coefficient (Wildman–Crippen LogP) is 2.94. The first kappa shape index (κ1) is 49.6. The molecule has 344 valence electrons. The number of halogens is 2. The number of carbonyl (C=O) groups is 4. The van der Waals surface area contributed by atoms with Crippen LogP contribution >= 0.6 is 0 Å². The number of imide groups is 1. The Labute approximate surface area is 361 Å². The van der Waals surface area contributed by atoms with E-state index in [4.69, 9.17) is 4.84 Å². The molecule has 4 amide bonds. The van der Waals surface area contributed by atoms with Gasteiger partial charge in [-0.2, -0.15) is 8.42 Å². The van der Waals surface area contributed by atoms with Gasteiger partial charge >= 0.3 is 19.0 Å². The van der Waals surface area contributed by atoms with Crippen LogP contribution in [0, 0.1) is 6.92 Å². The number of urea groups is 1. The number of unbranched alkanes of at least 4 members (excludes halogenated alkanes) is 3. The molecule has 2 aromatic rings. The summed E-state index contributed by atoms with van der Waals surface area (Å²) in [6, 6.07) is 1.18. The van der Waals surface area contributed by atoms with Gasteiger partial charge < -0.3 is 52.7 Å². The number of quaternary nitrogens is 1. The number of hydrogen-bond donors (Lipinski definition) is 6. The normalized spacial score (nSPS) is 15.1. The van der Waals surface area contributed by atoms with Crippen molar-refractivity contribution in [3.8, 4) is 11.8 Å². The fourth-order valence-corrected chi connectivity index (χ4v) is 8.20. The van der Waals surface area contributed by atoms with Crippen LogP contribution in [0.3, 0.4) is 0 Å². The van der Waals surface area contributed by atoms with Crippen LogP contribution in [0.4, 0.5) is 13.4 Å². The van der Waals surface area contributed by atoms with Crippen LogP contribution in [0.2, 0.25) is 0 Å². The number of hydrogen-bond acceptors (Lipinski definition) is 10. The lowest BCUT2D eigenvalue weighted by Gasteiger charge is -2.31. The second kappa shape index (κ2) is 21.3. The Morgan fingerprint density at radius 1 is 0.968 bits per heavy atom. The monoisotopic (exact) mass is 895 g/mol. The molecular weight excluding hydrogens is 833 g/mol. The number of rotatable bonds is 24. The van der Waals surface area contributed by atoms with Crippen LogP contribution in [-0.4, -0.2) is 149 Å². The zero-order valence-electron chi connectivity index (χ0n) is 36.5. The van der Waals surface area contributed by atoms with Gasteiger partial charge in [0.05, 0.1) is 27.7 Å². The number of aromatic hydroxyl groups is 2. The zero-order valence-corrected chi connectivity index (χ0v) is 37.3. The Bertz CT molecular complexity index is 2160. The topological polar surface area (TPSA) is 225 Å². The van der Waals surface area contributed by atoms with Gasteiger partial charge in [0.25, 0.3) is 10.1 Å². The fraction of sp³-hybridized carbons (Fsp3) is 0.575. The number of fused-ring (bicyclic) bond motifs is 2. The van der Waals surface area contributed by atoms with E-state index in [9.17, 15) is 42.4 Å². The third-order valence-electron chi connectivity index (χ3n) is 10.6. The lowest BCUT2D eigenvalue weighted by atomic mass is 9.88. The number of likely N-dealkylation sites (N-methyl/N-ethyl adjacent to an activating group) is 1. The SMILES string of the molecule is CCCCC1=CC(CCC(=O)NC(=O)NC(CS(=O)(=O)O)C(=O)NCCN(C)CCCCCC(=O)On2c(O)ccc2O)=[N+]2C1=Cc1c(CCC[N+](C)(C)C)cc(C)n1[B-]2(F)F. The van der Waals surface area contributed by atoms with Crippen molar-refractivity contribution in [2.45, 2.75) is 90.5 Å². The molecule has 0 aromatic carbocycles. The summed E-state index contributed by atoms with van der Waals surface area (Å²) in [7, 11) is 3.26. The first-order valence-corrected chi connectivity index (χ1v) is 22.6. The smallest absolute Gasteiger partial charge is 0.492 e. The minimum Gasteiger partial charge on any atom is -0.492 e. The first-order chi connectivity index (χ1) is 29.0. The quantitative estimate of drug-likeness (QED) is 0.0389. The minimum atomic E-state index is -4.77. The van der Waals surface area contributed by atoms with E-state index >= 15 is 8.63 Å². The fourth-order valence-electron chi connectivity index (χ4n) is 7.54. The van der Waals surface area contributed by atoms with Crippen LogP contribution < -0.4 is 20.8 Å². The molecule has 1 unspecified atom stereocenters. The van der Waals surface area contributed by atoms with Gasteiger partial charge in [-0.15, -0.1) is 4.73 Å². The Morgan fingerprint density at radius 2 is 1.66 bits per heavy atom. The van der Waals surface area contributed by atoms with Gasteiger partial charge in [0.2, 0.25) is 23.6 Å². The van der Waals surface area contributed by atoms with E-state index in [0.29, 0.717) is 67.0 Å². The van der Waals surface area contributed by atoms with Crippen molar-refractivity contribution in [3.63, 3.8) is 0 Å². The molecule has 0 bridgehead atoms. The van der Waals surface area contributed by atoms with Gasteiger partial charge in [-0.3, -0.25) is 19.5 Å². The van der Waals surface area contributed by atoms with E-state index in [1.165, 1.54) is 12.1 Å². The van der Waals surface area contributed by atoms with Crippen LogP contribution in [-0.2, 0) is 30.9 Å². The van der Waals surface area contributed by atoms with E-state index in [1.54, 1.807) is 20.0 Å². The maximum atomic E-state index is 16.6. The maximum absolute atomic E-state index is 16.6. The molecule has 2 aliphatic rings.